The van der Waals surface area contributed by atoms with E-state index in [1.54, 1.807) is 12.1 Å². The third kappa shape index (κ3) is 2.63. The minimum atomic E-state index is -0.345. The molecule has 3 rings (SSSR count). The maximum Gasteiger partial charge on any atom is 0.255 e. The van der Waals surface area contributed by atoms with Crippen LogP contribution < -0.4 is 16.5 Å². The van der Waals surface area contributed by atoms with Crippen LogP contribution in [0.4, 0.5) is 5.82 Å². The van der Waals surface area contributed by atoms with E-state index < -0.39 is 0 Å². The van der Waals surface area contributed by atoms with Gasteiger partial charge in [0.05, 0.1) is 16.3 Å². The van der Waals surface area contributed by atoms with Gasteiger partial charge in [0.15, 0.2) is 0 Å². The first-order valence-electron chi connectivity index (χ1n) is 7.43. The summed E-state index contributed by atoms with van der Waals surface area (Å²) in [5, 5.41) is 3.44. The summed E-state index contributed by atoms with van der Waals surface area (Å²) in [5.41, 5.74) is 7.34. The first-order valence-corrected chi connectivity index (χ1v) is 7.43. The molecule has 0 fully saturated rings. The smallest absolute Gasteiger partial charge is 0.255 e. The number of benzene rings is 1. The molecule has 0 aliphatic heterocycles. The maximum atomic E-state index is 12.7. The van der Waals surface area contributed by atoms with E-state index >= 15 is 0 Å². The van der Waals surface area contributed by atoms with Crippen molar-refractivity contribution in [3.8, 4) is 0 Å². The van der Waals surface area contributed by atoms with Crippen molar-refractivity contribution in [2.75, 3.05) is 12.3 Å². The molecule has 0 aliphatic carbocycles. The van der Waals surface area contributed by atoms with Crippen LogP contribution in [0, 0.1) is 6.92 Å². The van der Waals surface area contributed by atoms with Crippen LogP contribution in [0.15, 0.2) is 33.5 Å². The Kier molecular flexibility index (Phi) is 3.73. The number of nitrogens with two attached hydrogens (primary N) is 1. The highest BCUT2D eigenvalue weighted by Gasteiger charge is 2.16. The van der Waals surface area contributed by atoms with Crippen molar-refractivity contribution in [1.82, 2.24) is 10.3 Å². The fourth-order valence-electron chi connectivity index (χ4n) is 2.43. The van der Waals surface area contributed by atoms with E-state index in [1.807, 2.05) is 19.9 Å². The molecule has 118 valence electrons. The molecule has 1 amide bonds. The highest BCUT2D eigenvalue weighted by Crippen LogP contribution is 2.21. The number of carbonyl (C=O) groups is 1. The number of fused-ring (bicyclic) bond motifs is 2. The van der Waals surface area contributed by atoms with Crippen molar-refractivity contribution in [3.63, 3.8) is 0 Å². The number of pyridine rings is 1. The second-order valence-electron chi connectivity index (χ2n) is 5.46. The van der Waals surface area contributed by atoms with Gasteiger partial charge in [-0.05, 0) is 31.5 Å². The van der Waals surface area contributed by atoms with Gasteiger partial charge in [-0.15, -0.1) is 0 Å². The van der Waals surface area contributed by atoms with Gasteiger partial charge in [0.25, 0.3) is 5.91 Å². The maximum absolute atomic E-state index is 12.7. The van der Waals surface area contributed by atoms with E-state index in [0.29, 0.717) is 17.5 Å². The van der Waals surface area contributed by atoms with E-state index in [2.05, 4.69) is 10.3 Å². The van der Waals surface area contributed by atoms with Gasteiger partial charge in [-0.3, -0.25) is 9.59 Å². The average Bonchev–Trinajstić information content (AvgIpc) is 2.53. The summed E-state index contributed by atoms with van der Waals surface area (Å²) in [6.45, 7) is 4.38. The number of amides is 1. The molecule has 2 aromatic heterocycles. The van der Waals surface area contributed by atoms with E-state index in [-0.39, 0.29) is 33.8 Å². The summed E-state index contributed by atoms with van der Waals surface area (Å²) < 4.78 is 5.66. The molecule has 1 aromatic carbocycles. The lowest BCUT2D eigenvalue weighted by atomic mass is 10.1. The Bertz CT molecular complexity index is 976. The van der Waals surface area contributed by atoms with E-state index in [4.69, 9.17) is 10.2 Å². The Morgan fingerprint density at radius 2 is 2.09 bits per heavy atom. The second-order valence-corrected chi connectivity index (χ2v) is 5.46. The molecule has 0 spiro atoms. The second kappa shape index (κ2) is 5.72. The van der Waals surface area contributed by atoms with Crippen molar-refractivity contribution in [3.05, 3.63) is 45.6 Å². The molecule has 0 saturated heterocycles. The van der Waals surface area contributed by atoms with Gasteiger partial charge < -0.3 is 15.5 Å². The summed E-state index contributed by atoms with van der Waals surface area (Å²) >= 11 is 0. The Hall–Kier alpha value is -2.89. The van der Waals surface area contributed by atoms with Crippen molar-refractivity contribution in [1.29, 1.82) is 0 Å². The van der Waals surface area contributed by atoms with Crippen LogP contribution in [0.1, 0.15) is 29.3 Å². The molecule has 0 atom stereocenters. The largest absolute Gasteiger partial charge is 0.437 e. The number of hydrogen-bond acceptors (Lipinski definition) is 5. The number of aryl methyl sites for hydroxylation is 1. The minimum Gasteiger partial charge on any atom is -0.437 e. The summed E-state index contributed by atoms with van der Waals surface area (Å²) in [4.78, 5) is 28.9. The Morgan fingerprint density at radius 1 is 1.30 bits per heavy atom. The third-order valence-corrected chi connectivity index (χ3v) is 3.63. The zero-order valence-electron chi connectivity index (χ0n) is 13.0. The van der Waals surface area contributed by atoms with Crippen LogP contribution in [-0.4, -0.2) is 17.4 Å². The van der Waals surface area contributed by atoms with Crippen molar-refractivity contribution >= 4 is 33.8 Å². The normalized spacial score (nSPS) is 11.0. The predicted molar refractivity (Wildman–Crippen MR) is 89.6 cm³/mol. The molecule has 2 heterocycles. The Balaban J connectivity index is 2.25. The van der Waals surface area contributed by atoms with Crippen LogP contribution in [0.25, 0.3) is 22.1 Å². The number of nitrogens with one attached hydrogen (secondary N) is 1. The molecule has 23 heavy (non-hydrogen) atoms. The topological polar surface area (TPSA) is 98.2 Å². The molecule has 0 radical (unpaired) electrons. The summed E-state index contributed by atoms with van der Waals surface area (Å²) in [6.07, 6.45) is 0.804. The third-order valence-electron chi connectivity index (χ3n) is 3.63. The zero-order valence-corrected chi connectivity index (χ0v) is 13.0. The van der Waals surface area contributed by atoms with Crippen LogP contribution in [-0.2, 0) is 0 Å². The lowest BCUT2D eigenvalue weighted by Crippen LogP contribution is -2.25. The monoisotopic (exact) mass is 311 g/mol. The van der Waals surface area contributed by atoms with E-state index in [1.165, 1.54) is 6.07 Å². The van der Waals surface area contributed by atoms with Crippen LogP contribution >= 0.6 is 0 Å². The molecular weight excluding hydrogens is 294 g/mol. The van der Waals surface area contributed by atoms with Crippen molar-refractivity contribution in [2.45, 2.75) is 20.3 Å². The Labute approximate surface area is 132 Å². The number of carbonyl (C=O) groups excluding carboxylic acids is 1. The summed E-state index contributed by atoms with van der Waals surface area (Å²) in [7, 11) is 0. The van der Waals surface area contributed by atoms with Gasteiger partial charge in [0.1, 0.15) is 11.4 Å². The van der Waals surface area contributed by atoms with E-state index in [0.717, 1.165) is 12.0 Å². The molecular formula is C17H17N3O3. The number of nitrogens with zero attached hydrogens (tertiary/aromatic N) is 1. The summed E-state index contributed by atoms with van der Waals surface area (Å²) in [5.74, 6) is -0.303. The minimum absolute atomic E-state index is 0.0423. The molecule has 6 nitrogen and oxygen atoms in total. The molecule has 0 bridgehead atoms. The van der Waals surface area contributed by atoms with E-state index in [9.17, 15) is 9.59 Å². The fourth-order valence-corrected chi connectivity index (χ4v) is 2.43. The van der Waals surface area contributed by atoms with Crippen LogP contribution in [0.2, 0.25) is 0 Å². The average molecular weight is 311 g/mol. The standard InChI is InChI=1S/C17H17N3O3/c1-3-6-19-16(22)12-8-11-14(21)10-7-9(2)4-5-13(10)23-17(11)20-15(12)18/h4-5,7-8H,3,6H2,1-2H3,(H2,18,20)(H,19,22). The van der Waals surface area contributed by atoms with Gasteiger partial charge in [-0.1, -0.05) is 18.6 Å². The Morgan fingerprint density at radius 3 is 2.83 bits per heavy atom. The lowest BCUT2D eigenvalue weighted by Gasteiger charge is -2.08. The van der Waals surface area contributed by atoms with Gasteiger partial charge in [0, 0.05) is 6.54 Å². The van der Waals surface area contributed by atoms with Crippen LogP contribution in [0.5, 0.6) is 0 Å². The quantitative estimate of drug-likeness (QED) is 0.724. The van der Waals surface area contributed by atoms with Gasteiger partial charge in [-0.2, -0.15) is 4.98 Å². The first-order chi connectivity index (χ1) is 11.0. The first kappa shape index (κ1) is 15.0. The number of anilines is 1. The number of nitrogen functional groups attached to an aromatic ring is 1. The molecule has 3 N–H and O–H groups in total. The zero-order chi connectivity index (χ0) is 16.6. The molecule has 0 aliphatic rings. The van der Waals surface area contributed by atoms with Crippen molar-refractivity contribution in [2.24, 2.45) is 0 Å². The van der Waals surface area contributed by atoms with Gasteiger partial charge >= 0.3 is 0 Å². The molecule has 0 saturated carbocycles. The highest BCUT2D eigenvalue weighted by molar-refractivity contribution is 6.02. The molecule has 3 aromatic rings. The number of rotatable bonds is 3. The molecule has 6 heteroatoms. The fraction of sp³-hybridized carbons (Fsp3) is 0.235. The number of hydrogen-bond donors (Lipinski definition) is 2. The van der Waals surface area contributed by atoms with Gasteiger partial charge in [-0.25, -0.2) is 0 Å². The van der Waals surface area contributed by atoms with Crippen LogP contribution in [0.3, 0.4) is 0 Å². The highest BCUT2D eigenvalue weighted by atomic mass is 16.3. The number of aromatic nitrogens is 1. The summed E-state index contributed by atoms with van der Waals surface area (Å²) in [6, 6.07) is 6.79. The lowest BCUT2D eigenvalue weighted by molar-refractivity contribution is 0.0954. The predicted octanol–water partition coefficient (Wildman–Crippen LogP) is 2.37. The van der Waals surface area contributed by atoms with Crippen molar-refractivity contribution < 1.29 is 9.21 Å². The van der Waals surface area contributed by atoms with Gasteiger partial charge in [0.2, 0.25) is 11.1 Å². The molecule has 0 unspecified atom stereocenters. The SMILES string of the molecule is CCCNC(=O)c1cc2c(=O)c3cc(C)ccc3oc2nc1N.